The Morgan fingerprint density at radius 2 is 2.29 bits per heavy atom. The lowest BCUT2D eigenvalue weighted by atomic mass is 10.1. The van der Waals surface area contributed by atoms with Gasteiger partial charge in [0, 0.05) is 17.3 Å². The van der Waals surface area contributed by atoms with E-state index in [0.29, 0.717) is 17.5 Å². The Morgan fingerprint density at radius 3 is 2.93 bits per heavy atom. The first-order valence-corrected chi connectivity index (χ1v) is 5.23. The van der Waals surface area contributed by atoms with Gasteiger partial charge in [-0.05, 0) is 18.2 Å². The Morgan fingerprint density at radius 1 is 1.50 bits per heavy atom. The average molecular weight is 253 g/mol. The molecule has 0 spiro atoms. The molecule has 0 aliphatic carbocycles. The van der Waals surface area contributed by atoms with E-state index in [-0.39, 0.29) is 5.75 Å². The number of benzene rings is 1. The molecule has 2 nitrogen and oxygen atoms in total. The number of hydrogen-bond donors (Lipinski definition) is 1. The van der Waals surface area contributed by atoms with E-state index in [1.54, 1.807) is 12.1 Å². The summed E-state index contributed by atoms with van der Waals surface area (Å²) in [6, 6.07) is 4.60. The quantitative estimate of drug-likeness (QED) is 0.499. The Hall–Kier alpha value is -1.27. The van der Waals surface area contributed by atoms with Crippen molar-refractivity contribution in [1.29, 1.82) is 0 Å². The maximum Gasteiger partial charge on any atom is 0.150 e. The number of aromatic hydroxyl groups is 1. The highest BCUT2D eigenvalue weighted by Crippen LogP contribution is 2.16. The van der Waals surface area contributed by atoms with E-state index in [4.69, 9.17) is 0 Å². The highest BCUT2D eigenvalue weighted by atomic mass is 79.9. The van der Waals surface area contributed by atoms with Gasteiger partial charge in [-0.1, -0.05) is 27.8 Å². The van der Waals surface area contributed by atoms with Crippen molar-refractivity contribution in [2.45, 2.75) is 6.42 Å². The van der Waals surface area contributed by atoms with Gasteiger partial charge in [0.2, 0.25) is 0 Å². The van der Waals surface area contributed by atoms with Crippen molar-refractivity contribution in [3.05, 3.63) is 29.3 Å². The summed E-state index contributed by atoms with van der Waals surface area (Å²) in [6.07, 6.45) is 1.44. The number of carbonyl (C=O) groups is 1. The Bertz CT molecular complexity index is 388. The summed E-state index contributed by atoms with van der Waals surface area (Å²) in [4.78, 5) is 10.5. The SMILES string of the molecule is O=Cc1ccc(O)c(C#CCCBr)c1. The minimum Gasteiger partial charge on any atom is -0.507 e. The van der Waals surface area contributed by atoms with Crippen molar-refractivity contribution in [2.24, 2.45) is 0 Å². The first-order chi connectivity index (χ1) is 6.77. The van der Waals surface area contributed by atoms with Crippen LogP contribution in [-0.4, -0.2) is 16.7 Å². The lowest BCUT2D eigenvalue weighted by Gasteiger charge is -1.96. The van der Waals surface area contributed by atoms with Gasteiger partial charge in [-0.25, -0.2) is 0 Å². The molecule has 14 heavy (non-hydrogen) atoms. The third-order valence-electron chi connectivity index (χ3n) is 1.60. The molecular formula is C11H9BrO2. The Labute approximate surface area is 91.1 Å². The van der Waals surface area contributed by atoms with Gasteiger partial charge < -0.3 is 5.11 Å². The molecule has 0 atom stereocenters. The summed E-state index contributed by atoms with van der Waals surface area (Å²) < 4.78 is 0. The third-order valence-corrected chi connectivity index (χ3v) is 2.00. The van der Waals surface area contributed by atoms with Crippen LogP contribution in [0.5, 0.6) is 5.75 Å². The van der Waals surface area contributed by atoms with Crippen LogP contribution in [0.4, 0.5) is 0 Å². The van der Waals surface area contributed by atoms with Crippen LogP contribution in [0.1, 0.15) is 22.3 Å². The molecule has 1 rings (SSSR count). The number of rotatable bonds is 2. The van der Waals surface area contributed by atoms with E-state index < -0.39 is 0 Å². The lowest BCUT2D eigenvalue weighted by molar-refractivity contribution is 0.112. The van der Waals surface area contributed by atoms with Crippen LogP contribution in [0.15, 0.2) is 18.2 Å². The van der Waals surface area contributed by atoms with Crippen LogP contribution in [0, 0.1) is 11.8 Å². The molecule has 0 bridgehead atoms. The van der Waals surface area contributed by atoms with E-state index in [9.17, 15) is 9.90 Å². The molecule has 0 saturated carbocycles. The second kappa shape index (κ2) is 5.46. The number of carbonyl (C=O) groups excluding carboxylic acids is 1. The molecule has 0 heterocycles. The third kappa shape index (κ3) is 2.90. The zero-order chi connectivity index (χ0) is 10.4. The van der Waals surface area contributed by atoms with Gasteiger partial charge in [0.25, 0.3) is 0 Å². The van der Waals surface area contributed by atoms with Gasteiger partial charge in [-0.3, -0.25) is 4.79 Å². The van der Waals surface area contributed by atoms with Crippen molar-refractivity contribution < 1.29 is 9.90 Å². The molecule has 72 valence electrons. The normalized spacial score (nSPS) is 8.93. The molecule has 1 aromatic carbocycles. The van der Waals surface area contributed by atoms with E-state index in [1.165, 1.54) is 6.07 Å². The van der Waals surface area contributed by atoms with Crippen LogP contribution < -0.4 is 0 Å². The summed E-state index contributed by atoms with van der Waals surface area (Å²) in [5, 5.41) is 10.2. The van der Waals surface area contributed by atoms with Crippen LogP contribution in [0.3, 0.4) is 0 Å². The topological polar surface area (TPSA) is 37.3 Å². The molecule has 3 heteroatoms. The second-order valence-corrected chi connectivity index (χ2v) is 3.43. The maximum atomic E-state index is 10.5. The zero-order valence-corrected chi connectivity index (χ0v) is 9.04. The summed E-state index contributed by atoms with van der Waals surface area (Å²) >= 11 is 3.25. The summed E-state index contributed by atoms with van der Waals surface area (Å²) in [5.41, 5.74) is 1.02. The Balaban J connectivity index is 2.96. The van der Waals surface area contributed by atoms with Crippen molar-refractivity contribution >= 4 is 22.2 Å². The number of phenolic OH excluding ortho intramolecular Hbond substituents is 1. The summed E-state index contributed by atoms with van der Waals surface area (Å²) in [7, 11) is 0. The van der Waals surface area contributed by atoms with Crippen molar-refractivity contribution in [3.63, 3.8) is 0 Å². The number of phenols is 1. The molecular weight excluding hydrogens is 244 g/mol. The molecule has 0 radical (unpaired) electrons. The number of halogens is 1. The van der Waals surface area contributed by atoms with Crippen LogP contribution in [-0.2, 0) is 0 Å². The minimum atomic E-state index is 0.109. The minimum absolute atomic E-state index is 0.109. The van der Waals surface area contributed by atoms with E-state index in [0.717, 1.165) is 11.6 Å². The summed E-state index contributed by atoms with van der Waals surface area (Å²) in [5.74, 6) is 5.78. The molecule has 0 aromatic heterocycles. The number of aldehydes is 1. The first-order valence-electron chi connectivity index (χ1n) is 4.11. The largest absolute Gasteiger partial charge is 0.507 e. The molecule has 0 unspecified atom stereocenters. The van der Waals surface area contributed by atoms with Crippen molar-refractivity contribution in [1.82, 2.24) is 0 Å². The first kappa shape index (κ1) is 10.8. The second-order valence-electron chi connectivity index (χ2n) is 2.64. The highest BCUT2D eigenvalue weighted by Gasteiger charge is 1.98. The fourth-order valence-electron chi connectivity index (χ4n) is 0.932. The van der Waals surface area contributed by atoms with Crippen LogP contribution in [0.2, 0.25) is 0 Å². The molecule has 1 aromatic rings. The van der Waals surface area contributed by atoms with Gasteiger partial charge in [0.15, 0.2) is 0 Å². The molecule has 0 aliphatic rings. The fourth-order valence-corrected chi connectivity index (χ4v) is 1.13. The molecule has 1 N–H and O–H groups in total. The van der Waals surface area contributed by atoms with Gasteiger partial charge in [-0.2, -0.15) is 0 Å². The van der Waals surface area contributed by atoms with Crippen molar-refractivity contribution in [2.75, 3.05) is 5.33 Å². The smallest absolute Gasteiger partial charge is 0.150 e. The average Bonchev–Trinajstić information content (AvgIpc) is 2.21. The number of alkyl halides is 1. The monoisotopic (exact) mass is 252 g/mol. The van der Waals surface area contributed by atoms with Gasteiger partial charge >= 0.3 is 0 Å². The Kier molecular flexibility index (Phi) is 4.21. The van der Waals surface area contributed by atoms with E-state index in [1.807, 2.05) is 0 Å². The van der Waals surface area contributed by atoms with Gasteiger partial charge in [0.1, 0.15) is 12.0 Å². The summed E-state index contributed by atoms with van der Waals surface area (Å²) in [6.45, 7) is 0. The standard InChI is InChI=1S/C11H9BrO2/c12-6-2-1-3-10-7-9(8-13)4-5-11(10)14/h4-5,7-8,14H,2,6H2. The van der Waals surface area contributed by atoms with Gasteiger partial charge in [-0.15, -0.1) is 0 Å². The molecule has 0 aliphatic heterocycles. The predicted molar refractivity (Wildman–Crippen MR) is 58.8 cm³/mol. The fraction of sp³-hybridized carbons (Fsp3) is 0.182. The van der Waals surface area contributed by atoms with Gasteiger partial charge in [0.05, 0.1) is 5.56 Å². The van der Waals surface area contributed by atoms with Crippen LogP contribution >= 0.6 is 15.9 Å². The van der Waals surface area contributed by atoms with Crippen molar-refractivity contribution in [3.8, 4) is 17.6 Å². The van der Waals surface area contributed by atoms with E-state index >= 15 is 0 Å². The zero-order valence-electron chi connectivity index (χ0n) is 7.46. The highest BCUT2D eigenvalue weighted by molar-refractivity contribution is 9.09. The molecule has 0 fully saturated rings. The lowest BCUT2D eigenvalue weighted by Crippen LogP contribution is -1.83. The molecule has 0 saturated heterocycles. The van der Waals surface area contributed by atoms with E-state index in [2.05, 4.69) is 27.8 Å². The molecule has 0 amide bonds. The number of hydrogen-bond acceptors (Lipinski definition) is 2. The maximum absolute atomic E-state index is 10.5. The predicted octanol–water partition coefficient (Wildman–Crippen LogP) is 2.34. The van der Waals surface area contributed by atoms with Crippen LogP contribution in [0.25, 0.3) is 0 Å².